The molecule has 0 saturated carbocycles. The van der Waals surface area contributed by atoms with Crippen molar-refractivity contribution in [1.29, 1.82) is 0 Å². The molecule has 1 rings (SSSR count). The van der Waals surface area contributed by atoms with Gasteiger partial charge in [-0.3, -0.25) is 4.79 Å². The molecular formula is C10H15F3N2O3. The van der Waals surface area contributed by atoms with Gasteiger partial charge in [-0.25, -0.2) is 4.79 Å². The Bertz CT molecular complexity index is 346. The third-order valence-electron chi connectivity index (χ3n) is 2.87. The van der Waals surface area contributed by atoms with E-state index < -0.39 is 24.3 Å². The van der Waals surface area contributed by atoms with E-state index in [0.717, 1.165) is 4.90 Å². The normalized spacial score (nSPS) is 23.9. The van der Waals surface area contributed by atoms with Gasteiger partial charge in [0.05, 0.1) is 5.41 Å². The van der Waals surface area contributed by atoms with Gasteiger partial charge in [0.15, 0.2) is 6.61 Å². The van der Waals surface area contributed by atoms with Crippen LogP contribution in [-0.4, -0.2) is 49.8 Å². The summed E-state index contributed by atoms with van der Waals surface area (Å²) in [6.07, 6.45) is -5.19. The Kier molecular flexibility index (Phi) is 4.08. The first-order valence-corrected chi connectivity index (χ1v) is 5.38. The summed E-state index contributed by atoms with van der Waals surface area (Å²) >= 11 is 0. The third kappa shape index (κ3) is 3.51. The van der Waals surface area contributed by atoms with Gasteiger partial charge in [-0.05, 0) is 13.3 Å². The molecule has 0 bridgehead atoms. The van der Waals surface area contributed by atoms with E-state index >= 15 is 0 Å². The van der Waals surface area contributed by atoms with Crippen LogP contribution in [0.4, 0.5) is 18.0 Å². The quantitative estimate of drug-likeness (QED) is 0.817. The van der Waals surface area contributed by atoms with Crippen LogP contribution in [0.15, 0.2) is 0 Å². The van der Waals surface area contributed by atoms with Crippen molar-refractivity contribution < 1.29 is 27.5 Å². The van der Waals surface area contributed by atoms with E-state index in [1.165, 1.54) is 7.05 Å². The number of ether oxygens (including phenoxy) is 1. The molecule has 1 aliphatic rings. The minimum absolute atomic E-state index is 0.0589. The monoisotopic (exact) mass is 268 g/mol. The SMILES string of the molecule is CNC(=O)C1(C)CCN(C(=O)OCC(F)(F)F)C1. The molecule has 104 valence electrons. The van der Waals surface area contributed by atoms with Crippen LogP contribution in [0.25, 0.3) is 0 Å². The van der Waals surface area contributed by atoms with Crippen LogP contribution in [0, 0.1) is 5.41 Å². The number of alkyl halides is 3. The maximum Gasteiger partial charge on any atom is 0.422 e. The van der Waals surface area contributed by atoms with Crippen molar-refractivity contribution in [1.82, 2.24) is 10.2 Å². The maximum absolute atomic E-state index is 11.9. The van der Waals surface area contributed by atoms with Gasteiger partial charge in [-0.15, -0.1) is 0 Å². The lowest BCUT2D eigenvalue weighted by Gasteiger charge is -2.22. The first kappa shape index (κ1) is 14.6. The summed E-state index contributed by atoms with van der Waals surface area (Å²) in [5.41, 5.74) is -0.772. The average Bonchev–Trinajstić information content (AvgIpc) is 2.68. The summed E-state index contributed by atoms with van der Waals surface area (Å²) in [4.78, 5) is 24.0. The van der Waals surface area contributed by atoms with Crippen LogP contribution in [0.2, 0.25) is 0 Å². The Hall–Kier alpha value is -1.47. The van der Waals surface area contributed by atoms with Crippen molar-refractivity contribution in [2.75, 3.05) is 26.7 Å². The van der Waals surface area contributed by atoms with Crippen molar-refractivity contribution in [3.05, 3.63) is 0 Å². The van der Waals surface area contributed by atoms with E-state index in [1.54, 1.807) is 6.92 Å². The molecule has 1 unspecified atom stereocenters. The summed E-state index contributed by atoms with van der Waals surface area (Å²) in [7, 11) is 1.47. The van der Waals surface area contributed by atoms with Gasteiger partial charge >= 0.3 is 12.3 Å². The molecule has 1 N–H and O–H groups in total. The minimum Gasteiger partial charge on any atom is -0.440 e. The smallest absolute Gasteiger partial charge is 0.422 e. The molecule has 1 saturated heterocycles. The second-order valence-corrected chi connectivity index (χ2v) is 4.48. The Morgan fingerprint density at radius 2 is 2.06 bits per heavy atom. The molecule has 1 aliphatic heterocycles. The van der Waals surface area contributed by atoms with Crippen molar-refractivity contribution in [2.45, 2.75) is 19.5 Å². The second-order valence-electron chi connectivity index (χ2n) is 4.48. The van der Waals surface area contributed by atoms with Crippen LogP contribution in [0.1, 0.15) is 13.3 Å². The van der Waals surface area contributed by atoms with Gasteiger partial charge in [-0.1, -0.05) is 0 Å². The molecular weight excluding hydrogens is 253 g/mol. The zero-order valence-corrected chi connectivity index (χ0v) is 10.1. The number of hydrogen-bond acceptors (Lipinski definition) is 3. The Morgan fingerprint density at radius 1 is 1.44 bits per heavy atom. The van der Waals surface area contributed by atoms with Crippen LogP contribution in [0.3, 0.4) is 0 Å². The predicted octanol–water partition coefficient (Wildman–Crippen LogP) is 1.14. The first-order valence-electron chi connectivity index (χ1n) is 5.38. The molecule has 0 radical (unpaired) electrons. The molecule has 8 heteroatoms. The molecule has 0 aliphatic carbocycles. The number of likely N-dealkylation sites (tertiary alicyclic amines) is 1. The van der Waals surface area contributed by atoms with E-state index in [0.29, 0.717) is 6.42 Å². The van der Waals surface area contributed by atoms with Gasteiger partial charge in [0, 0.05) is 20.1 Å². The zero-order chi connectivity index (χ0) is 14.0. The molecule has 0 aromatic rings. The lowest BCUT2D eigenvalue weighted by molar-refractivity contribution is -0.162. The van der Waals surface area contributed by atoms with E-state index in [1.807, 2.05) is 0 Å². The third-order valence-corrected chi connectivity index (χ3v) is 2.87. The van der Waals surface area contributed by atoms with Crippen molar-refractivity contribution >= 4 is 12.0 Å². The number of carbonyl (C=O) groups is 2. The average molecular weight is 268 g/mol. The van der Waals surface area contributed by atoms with Crippen molar-refractivity contribution in [2.24, 2.45) is 5.41 Å². The second kappa shape index (κ2) is 5.03. The zero-order valence-electron chi connectivity index (χ0n) is 10.1. The molecule has 0 aromatic heterocycles. The summed E-state index contributed by atoms with van der Waals surface area (Å²) in [5, 5.41) is 2.47. The molecule has 0 spiro atoms. The van der Waals surface area contributed by atoms with Crippen molar-refractivity contribution in [3.8, 4) is 0 Å². The number of nitrogens with zero attached hydrogens (tertiary/aromatic N) is 1. The van der Waals surface area contributed by atoms with Gasteiger partial charge in [0.1, 0.15) is 0 Å². The van der Waals surface area contributed by atoms with Crippen molar-refractivity contribution in [3.63, 3.8) is 0 Å². The molecule has 1 atom stereocenters. The number of rotatable bonds is 2. The molecule has 2 amide bonds. The number of nitrogens with one attached hydrogen (secondary N) is 1. The summed E-state index contributed by atoms with van der Waals surface area (Å²) in [6, 6.07) is 0. The standard InChI is InChI=1S/C10H15F3N2O3/c1-9(7(16)14-2)3-4-15(5-9)8(17)18-6-10(11,12)13/h3-6H2,1-2H3,(H,14,16). The number of halogens is 3. The van der Waals surface area contributed by atoms with Crippen LogP contribution < -0.4 is 5.32 Å². The van der Waals surface area contributed by atoms with Crippen LogP contribution in [0.5, 0.6) is 0 Å². The Balaban J connectivity index is 2.51. The van der Waals surface area contributed by atoms with E-state index in [4.69, 9.17) is 0 Å². The Morgan fingerprint density at radius 3 is 2.56 bits per heavy atom. The van der Waals surface area contributed by atoms with E-state index in [-0.39, 0.29) is 19.0 Å². The lowest BCUT2D eigenvalue weighted by Crippen LogP contribution is -2.40. The minimum atomic E-state index is -4.54. The molecule has 1 fully saturated rings. The molecule has 5 nitrogen and oxygen atoms in total. The largest absolute Gasteiger partial charge is 0.440 e. The fourth-order valence-corrected chi connectivity index (χ4v) is 1.84. The van der Waals surface area contributed by atoms with E-state index in [2.05, 4.69) is 10.1 Å². The first-order chi connectivity index (χ1) is 8.18. The number of hydrogen-bond donors (Lipinski definition) is 1. The van der Waals surface area contributed by atoms with Crippen LogP contribution in [-0.2, 0) is 9.53 Å². The fourth-order valence-electron chi connectivity index (χ4n) is 1.84. The highest BCUT2D eigenvalue weighted by molar-refractivity contribution is 5.83. The summed E-state index contributed by atoms with van der Waals surface area (Å²) < 4.78 is 39.8. The molecule has 0 aromatic carbocycles. The van der Waals surface area contributed by atoms with Gasteiger partial charge in [0.2, 0.25) is 5.91 Å². The van der Waals surface area contributed by atoms with Crippen LogP contribution >= 0.6 is 0 Å². The number of carbonyl (C=O) groups excluding carboxylic acids is 2. The van der Waals surface area contributed by atoms with Gasteiger partial charge in [-0.2, -0.15) is 13.2 Å². The molecule has 18 heavy (non-hydrogen) atoms. The maximum atomic E-state index is 11.9. The number of amides is 2. The fraction of sp³-hybridized carbons (Fsp3) is 0.800. The van der Waals surface area contributed by atoms with Gasteiger partial charge in [0.25, 0.3) is 0 Å². The summed E-state index contributed by atoms with van der Waals surface area (Å²) in [6.45, 7) is 0.311. The highest BCUT2D eigenvalue weighted by Gasteiger charge is 2.42. The highest BCUT2D eigenvalue weighted by Crippen LogP contribution is 2.30. The summed E-state index contributed by atoms with van der Waals surface area (Å²) in [5.74, 6) is -0.242. The van der Waals surface area contributed by atoms with Gasteiger partial charge < -0.3 is 15.0 Å². The lowest BCUT2D eigenvalue weighted by atomic mass is 9.89. The molecule has 1 heterocycles. The van der Waals surface area contributed by atoms with E-state index in [9.17, 15) is 22.8 Å². The predicted molar refractivity (Wildman–Crippen MR) is 55.8 cm³/mol. The Labute approximate surface area is 102 Å². The highest BCUT2D eigenvalue weighted by atomic mass is 19.4. The topological polar surface area (TPSA) is 58.6 Å².